The summed E-state index contributed by atoms with van der Waals surface area (Å²) >= 11 is 7.88. The largest absolute Gasteiger partial charge is 0.311 e. The van der Waals surface area contributed by atoms with E-state index in [1.54, 1.807) is 0 Å². The molecule has 2 aromatic rings. The van der Waals surface area contributed by atoms with Crippen LogP contribution in [0, 0.1) is 5.92 Å². The van der Waals surface area contributed by atoms with Gasteiger partial charge in [0.05, 0.1) is 5.69 Å². The molecule has 3 rings (SSSR count). The second-order valence-electron chi connectivity index (χ2n) is 4.87. The first-order chi connectivity index (χ1) is 9.20. The van der Waals surface area contributed by atoms with Crippen LogP contribution in [0.2, 0.25) is 0 Å². The molecule has 19 heavy (non-hydrogen) atoms. The number of anilines is 1. The molecule has 0 spiro atoms. The number of carbonyl (C=O) groups excluding carboxylic acids is 1. The Kier molecular flexibility index (Phi) is 3.54. The predicted octanol–water partition coefficient (Wildman–Crippen LogP) is 3.89. The summed E-state index contributed by atoms with van der Waals surface area (Å²) in [6.45, 7) is 0.772. The predicted molar refractivity (Wildman–Crippen MR) is 86.0 cm³/mol. The number of thiol groups is 1. The summed E-state index contributed by atoms with van der Waals surface area (Å²) < 4.78 is 1.06. The highest BCUT2D eigenvalue weighted by atomic mass is 79.9. The van der Waals surface area contributed by atoms with Crippen LogP contribution < -0.4 is 4.90 Å². The van der Waals surface area contributed by atoms with Crippen LogP contribution in [0.4, 0.5) is 5.69 Å². The Bertz CT molecular complexity index is 643. The number of carbonyl (C=O) groups is 1. The summed E-state index contributed by atoms with van der Waals surface area (Å²) in [6.07, 6.45) is 0.605. The van der Waals surface area contributed by atoms with Crippen LogP contribution in [-0.4, -0.2) is 18.2 Å². The van der Waals surface area contributed by atoms with E-state index in [0.29, 0.717) is 12.3 Å². The number of nitrogens with zero attached hydrogens (tertiary/aromatic N) is 1. The summed E-state index contributed by atoms with van der Waals surface area (Å²) in [5.74, 6) is 1.32. The number of rotatable bonds is 2. The third-order valence-corrected chi connectivity index (χ3v) is 4.81. The van der Waals surface area contributed by atoms with Gasteiger partial charge < -0.3 is 4.90 Å². The van der Waals surface area contributed by atoms with Crippen molar-refractivity contribution >= 4 is 50.9 Å². The van der Waals surface area contributed by atoms with E-state index < -0.39 is 0 Å². The van der Waals surface area contributed by atoms with E-state index in [1.807, 2.05) is 29.2 Å². The molecule has 1 saturated heterocycles. The van der Waals surface area contributed by atoms with Crippen LogP contribution in [0.3, 0.4) is 0 Å². The minimum absolute atomic E-state index is 0.200. The molecule has 1 unspecified atom stereocenters. The topological polar surface area (TPSA) is 20.3 Å². The molecule has 0 aromatic heterocycles. The molecule has 0 bridgehead atoms. The molecule has 0 aliphatic carbocycles. The lowest BCUT2D eigenvalue weighted by Gasteiger charge is -2.19. The van der Waals surface area contributed by atoms with Gasteiger partial charge in [-0.3, -0.25) is 4.79 Å². The van der Waals surface area contributed by atoms with E-state index in [2.05, 4.69) is 40.7 Å². The van der Waals surface area contributed by atoms with Gasteiger partial charge in [0.1, 0.15) is 0 Å². The molecule has 1 atom stereocenters. The number of benzene rings is 2. The normalized spacial score (nSPS) is 19.4. The lowest BCUT2D eigenvalue weighted by atomic mass is 10.1. The van der Waals surface area contributed by atoms with E-state index >= 15 is 0 Å². The van der Waals surface area contributed by atoms with Gasteiger partial charge in [-0.25, -0.2) is 0 Å². The second kappa shape index (κ2) is 5.17. The molecular weight excluding hydrogens is 322 g/mol. The highest BCUT2D eigenvalue weighted by Gasteiger charge is 2.30. The maximum atomic E-state index is 12.2. The zero-order valence-electron chi connectivity index (χ0n) is 10.3. The summed E-state index contributed by atoms with van der Waals surface area (Å²) in [7, 11) is 0. The zero-order chi connectivity index (χ0) is 13.4. The van der Waals surface area contributed by atoms with Gasteiger partial charge in [-0.15, -0.1) is 0 Å². The van der Waals surface area contributed by atoms with Crippen molar-refractivity contribution < 1.29 is 4.79 Å². The molecule has 1 aliphatic heterocycles. The number of fused-ring (bicyclic) bond motifs is 1. The summed E-state index contributed by atoms with van der Waals surface area (Å²) in [5, 5.41) is 2.26. The maximum Gasteiger partial charge on any atom is 0.227 e. The summed E-state index contributed by atoms with van der Waals surface area (Å²) in [6, 6.07) is 12.2. The van der Waals surface area contributed by atoms with Crippen molar-refractivity contribution in [1.82, 2.24) is 0 Å². The van der Waals surface area contributed by atoms with Crippen LogP contribution in [0.25, 0.3) is 10.8 Å². The van der Waals surface area contributed by atoms with Crippen molar-refractivity contribution in [2.75, 3.05) is 17.2 Å². The molecule has 1 amide bonds. The fraction of sp³-hybridized carbons (Fsp3) is 0.267. The smallest absolute Gasteiger partial charge is 0.227 e. The lowest BCUT2D eigenvalue weighted by Crippen LogP contribution is -2.24. The average Bonchev–Trinajstić information content (AvgIpc) is 2.80. The molecule has 2 nitrogen and oxygen atoms in total. The lowest BCUT2D eigenvalue weighted by molar-refractivity contribution is -0.117. The van der Waals surface area contributed by atoms with E-state index in [0.717, 1.165) is 33.2 Å². The van der Waals surface area contributed by atoms with Crippen molar-refractivity contribution in [2.45, 2.75) is 6.42 Å². The van der Waals surface area contributed by atoms with Crippen LogP contribution in [0.5, 0.6) is 0 Å². The second-order valence-corrected chi connectivity index (χ2v) is 6.09. The molecule has 1 aliphatic rings. The van der Waals surface area contributed by atoms with Crippen molar-refractivity contribution in [3.63, 3.8) is 0 Å². The molecule has 1 heterocycles. The first-order valence-electron chi connectivity index (χ1n) is 6.29. The van der Waals surface area contributed by atoms with E-state index in [-0.39, 0.29) is 5.91 Å². The van der Waals surface area contributed by atoms with Gasteiger partial charge in [-0.2, -0.15) is 12.6 Å². The highest BCUT2D eigenvalue weighted by molar-refractivity contribution is 9.10. The molecule has 0 radical (unpaired) electrons. The number of halogens is 1. The zero-order valence-corrected chi connectivity index (χ0v) is 12.8. The minimum atomic E-state index is 0.200. The van der Waals surface area contributed by atoms with Gasteiger partial charge in [0, 0.05) is 22.8 Å². The van der Waals surface area contributed by atoms with Crippen LogP contribution in [0.15, 0.2) is 40.9 Å². The first-order valence-corrected chi connectivity index (χ1v) is 7.71. The van der Waals surface area contributed by atoms with Crippen molar-refractivity contribution in [2.24, 2.45) is 5.92 Å². The third-order valence-electron chi connectivity index (χ3n) is 3.60. The van der Waals surface area contributed by atoms with E-state index in [9.17, 15) is 4.79 Å². The molecular formula is C15H14BrNOS. The molecule has 1 fully saturated rings. The quantitative estimate of drug-likeness (QED) is 0.825. The molecule has 98 valence electrons. The van der Waals surface area contributed by atoms with Gasteiger partial charge in [-0.1, -0.05) is 40.2 Å². The molecule has 0 saturated carbocycles. The molecule has 4 heteroatoms. The number of hydrogen-bond acceptors (Lipinski definition) is 2. The van der Waals surface area contributed by atoms with E-state index in [4.69, 9.17) is 0 Å². The minimum Gasteiger partial charge on any atom is -0.311 e. The Morgan fingerprint density at radius 1 is 1.21 bits per heavy atom. The summed E-state index contributed by atoms with van der Waals surface area (Å²) in [4.78, 5) is 14.1. The monoisotopic (exact) mass is 335 g/mol. The average molecular weight is 336 g/mol. The van der Waals surface area contributed by atoms with Gasteiger partial charge in [0.15, 0.2) is 0 Å². The fourth-order valence-corrected chi connectivity index (χ4v) is 3.37. The highest BCUT2D eigenvalue weighted by Crippen LogP contribution is 2.34. The maximum absolute atomic E-state index is 12.2. The van der Waals surface area contributed by atoms with Crippen LogP contribution in [0.1, 0.15) is 6.42 Å². The van der Waals surface area contributed by atoms with Gasteiger partial charge >= 0.3 is 0 Å². The SMILES string of the molecule is O=C1CC(CS)CN1c1cccc2c(Br)cccc12. The number of hydrogen-bond donors (Lipinski definition) is 1. The summed E-state index contributed by atoms with van der Waals surface area (Å²) in [5.41, 5.74) is 1.01. The Balaban J connectivity index is 2.11. The van der Waals surface area contributed by atoms with E-state index in [1.165, 1.54) is 0 Å². The first kappa shape index (κ1) is 13.0. The Morgan fingerprint density at radius 3 is 2.68 bits per heavy atom. The standard InChI is InChI=1S/C15H14BrNOS/c16-13-5-1-4-12-11(13)3-2-6-14(12)17-8-10(9-19)7-15(17)18/h1-6,10,19H,7-9H2. The van der Waals surface area contributed by atoms with Crippen LogP contribution in [-0.2, 0) is 4.79 Å². The molecule has 0 N–H and O–H groups in total. The van der Waals surface area contributed by atoms with Crippen LogP contribution >= 0.6 is 28.6 Å². The van der Waals surface area contributed by atoms with Gasteiger partial charge in [0.25, 0.3) is 0 Å². The fourth-order valence-electron chi connectivity index (χ4n) is 2.63. The Labute approximate surface area is 126 Å². The van der Waals surface area contributed by atoms with Gasteiger partial charge in [-0.05, 0) is 29.2 Å². The third kappa shape index (κ3) is 2.28. The molecule has 2 aromatic carbocycles. The Morgan fingerprint density at radius 2 is 1.95 bits per heavy atom. The van der Waals surface area contributed by atoms with Crippen molar-refractivity contribution in [1.29, 1.82) is 0 Å². The Hall–Kier alpha value is -1.00. The van der Waals surface area contributed by atoms with Crippen molar-refractivity contribution in [3.05, 3.63) is 40.9 Å². The number of amides is 1. The van der Waals surface area contributed by atoms with Crippen molar-refractivity contribution in [3.8, 4) is 0 Å². The van der Waals surface area contributed by atoms with Gasteiger partial charge in [0.2, 0.25) is 5.91 Å².